The number of hydrogen-bond donors (Lipinski definition) is 1. The largest absolute Gasteiger partial charge is 0.381 e. The lowest BCUT2D eigenvalue weighted by molar-refractivity contribution is 0.579. The van der Waals surface area contributed by atoms with E-state index in [0.717, 1.165) is 33.6 Å². The van der Waals surface area contributed by atoms with Crippen molar-refractivity contribution in [2.45, 2.75) is 31.7 Å². The first-order valence-electron chi connectivity index (χ1n) is 9.26. The Morgan fingerprint density at radius 2 is 1.89 bits per heavy atom. The van der Waals surface area contributed by atoms with Crippen molar-refractivity contribution in [3.8, 4) is 11.1 Å². The second-order valence-electron chi connectivity index (χ2n) is 7.38. The van der Waals surface area contributed by atoms with Crippen molar-refractivity contribution in [1.82, 2.24) is 9.78 Å². The topological polar surface area (TPSA) is 67.2 Å². The van der Waals surface area contributed by atoms with Gasteiger partial charge in [0.05, 0.1) is 28.5 Å². The summed E-state index contributed by atoms with van der Waals surface area (Å²) >= 11 is 0. The Balaban J connectivity index is 1.81. The Hall–Kier alpha value is -2.80. The summed E-state index contributed by atoms with van der Waals surface area (Å²) in [6.45, 7) is 6.29. The molecule has 1 aliphatic heterocycles. The summed E-state index contributed by atoms with van der Waals surface area (Å²) in [5.74, 6) is 0. The number of anilines is 2. The van der Waals surface area contributed by atoms with Gasteiger partial charge < -0.3 is 5.32 Å². The third-order valence-electron chi connectivity index (χ3n) is 5.20. The number of rotatable bonds is 3. The van der Waals surface area contributed by atoms with Crippen LogP contribution < -0.4 is 9.62 Å². The van der Waals surface area contributed by atoms with E-state index in [9.17, 15) is 8.42 Å². The molecule has 4 rings (SSSR count). The number of aryl methyl sites for hydroxylation is 3. The maximum Gasteiger partial charge on any atom is 0.264 e. The molecule has 6 nitrogen and oxygen atoms in total. The molecule has 146 valence electrons. The maximum atomic E-state index is 13.7. The summed E-state index contributed by atoms with van der Waals surface area (Å²) in [5.41, 5.74) is 5.16. The van der Waals surface area contributed by atoms with Gasteiger partial charge in [-0.15, -0.1) is 0 Å². The van der Waals surface area contributed by atoms with Crippen LogP contribution >= 0.6 is 0 Å². The molecule has 1 aromatic heterocycles. The molecule has 1 atom stereocenters. The molecule has 2 heterocycles. The highest BCUT2D eigenvalue weighted by atomic mass is 32.2. The van der Waals surface area contributed by atoms with Gasteiger partial charge in [-0.25, -0.2) is 8.42 Å². The number of hydrogen-bond acceptors (Lipinski definition) is 4. The highest BCUT2D eigenvalue weighted by Gasteiger charge is 2.35. The summed E-state index contributed by atoms with van der Waals surface area (Å²) in [6.07, 6.45) is 3.70. The predicted molar refractivity (Wildman–Crippen MR) is 112 cm³/mol. The molecule has 0 unspecified atom stereocenters. The van der Waals surface area contributed by atoms with Gasteiger partial charge in [0.1, 0.15) is 0 Å². The van der Waals surface area contributed by atoms with Crippen LogP contribution in [0.15, 0.2) is 53.7 Å². The van der Waals surface area contributed by atoms with Gasteiger partial charge >= 0.3 is 0 Å². The third kappa shape index (κ3) is 2.96. The minimum Gasteiger partial charge on any atom is -0.381 e. The Bertz CT molecular complexity index is 1150. The van der Waals surface area contributed by atoms with Crippen LogP contribution in [0.5, 0.6) is 0 Å². The number of benzene rings is 2. The van der Waals surface area contributed by atoms with Gasteiger partial charge in [0.15, 0.2) is 0 Å². The fourth-order valence-electron chi connectivity index (χ4n) is 3.81. The SMILES string of the molecule is Cc1cc(-c2cnn(C)c2)ccc1S(=O)(=O)N1c2c(C)cccc2NC[C@@H]1C. The Morgan fingerprint density at radius 1 is 1.11 bits per heavy atom. The highest BCUT2D eigenvalue weighted by molar-refractivity contribution is 7.93. The van der Waals surface area contributed by atoms with Gasteiger partial charge in [-0.05, 0) is 55.7 Å². The van der Waals surface area contributed by atoms with E-state index in [1.807, 2.05) is 64.3 Å². The standard InChI is InChI=1S/C21H24N4O2S/c1-14-6-5-7-19-21(14)25(16(3)11-22-19)28(26,27)20-9-8-17(10-15(20)2)18-12-23-24(4)13-18/h5-10,12-13,16,22H,11H2,1-4H3/t16-/m0/s1. The average Bonchev–Trinajstić information content (AvgIpc) is 3.08. The van der Waals surface area contributed by atoms with Gasteiger partial charge in [-0.1, -0.05) is 18.2 Å². The summed E-state index contributed by atoms with van der Waals surface area (Å²) in [6, 6.07) is 11.1. The van der Waals surface area contributed by atoms with Gasteiger partial charge in [0.2, 0.25) is 0 Å². The highest BCUT2D eigenvalue weighted by Crippen LogP contribution is 2.39. The molecule has 0 spiro atoms. The van der Waals surface area contributed by atoms with Crippen molar-refractivity contribution in [3.05, 3.63) is 59.9 Å². The lowest BCUT2D eigenvalue weighted by atomic mass is 10.1. The van der Waals surface area contributed by atoms with E-state index in [1.165, 1.54) is 0 Å². The van der Waals surface area contributed by atoms with Crippen molar-refractivity contribution in [2.24, 2.45) is 7.05 Å². The Morgan fingerprint density at radius 3 is 2.57 bits per heavy atom. The average molecular weight is 397 g/mol. The molecule has 0 radical (unpaired) electrons. The van der Waals surface area contributed by atoms with Gasteiger partial charge in [0.25, 0.3) is 10.0 Å². The fraction of sp³-hybridized carbons (Fsp3) is 0.286. The molecule has 0 saturated heterocycles. The first-order chi connectivity index (χ1) is 13.3. The number of sulfonamides is 1. The van der Waals surface area contributed by atoms with E-state index < -0.39 is 10.0 Å². The lowest BCUT2D eigenvalue weighted by Gasteiger charge is -2.38. The summed E-state index contributed by atoms with van der Waals surface area (Å²) in [5, 5.41) is 7.53. The molecule has 1 aliphatic rings. The molecular formula is C21H24N4O2S. The van der Waals surface area contributed by atoms with Gasteiger partial charge in [-0.3, -0.25) is 8.99 Å². The van der Waals surface area contributed by atoms with Gasteiger partial charge in [0, 0.05) is 25.4 Å². The van der Waals surface area contributed by atoms with Crippen molar-refractivity contribution in [3.63, 3.8) is 0 Å². The van der Waals surface area contributed by atoms with E-state index >= 15 is 0 Å². The first-order valence-corrected chi connectivity index (χ1v) is 10.7. The number of nitrogens with one attached hydrogen (secondary N) is 1. The van der Waals surface area contributed by atoms with Crippen LogP contribution in [0.4, 0.5) is 11.4 Å². The van der Waals surface area contributed by atoms with Crippen LogP contribution in [-0.4, -0.2) is 30.8 Å². The third-order valence-corrected chi connectivity index (χ3v) is 7.27. The summed E-state index contributed by atoms with van der Waals surface area (Å²) in [7, 11) is -1.84. The Kier molecular flexibility index (Phi) is 4.42. The molecule has 0 saturated carbocycles. The number of nitrogens with zero attached hydrogens (tertiary/aromatic N) is 3. The molecule has 0 amide bonds. The van der Waals surface area contributed by atoms with E-state index in [4.69, 9.17) is 0 Å². The van der Waals surface area contributed by atoms with E-state index in [2.05, 4.69) is 10.4 Å². The second-order valence-corrected chi connectivity index (χ2v) is 9.17. The first kappa shape index (κ1) is 18.6. The predicted octanol–water partition coefficient (Wildman–Crippen LogP) is 3.71. The molecular weight excluding hydrogens is 372 g/mol. The molecule has 28 heavy (non-hydrogen) atoms. The molecule has 7 heteroatoms. The monoisotopic (exact) mass is 396 g/mol. The summed E-state index contributed by atoms with van der Waals surface area (Å²) < 4.78 is 30.6. The van der Waals surface area contributed by atoms with E-state index in [-0.39, 0.29) is 6.04 Å². The summed E-state index contributed by atoms with van der Waals surface area (Å²) in [4.78, 5) is 0.336. The van der Waals surface area contributed by atoms with Crippen LogP contribution in [-0.2, 0) is 17.1 Å². The zero-order chi connectivity index (χ0) is 20.1. The van der Waals surface area contributed by atoms with Crippen LogP contribution in [0.2, 0.25) is 0 Å². The quantitative estimate of drug-likeness (QED) is 0.733. The Labute approximate surface area is 165 Å². The van der Waals surface area contributed by atoms with Crippen molar-refractivity contribution < 1.29 is 8.42 Å². The molecule has 2 aromatic carbocycles. The van der Waals surface area contributed by atoms with E-state index in [0.29, 0.717) is 11.4 Å². The fourth-order valence-corrected chi connectivity index (χ4v) is 5.76. The normalized spacial score (nSPS) is 16.6. The van der Waals surface area contributed by atoms with Crippen molar-refractivity contribution in [2.75, 3.05) is 16.2 Å². The molecule has 0 aliphatic carbocycles. The van der Waals surface area contributed by atoms with Crippen LogP contribution in [0.1, 0.15) is 18.1 Å². The van der Waals surface area contributed by atoms with Crippen molar-refractivity contribution in [1.29, 1.82) is 0 Å². The smallest absolute Gasteiger partial charge is 0.264 e. The van der Waals surface area contributed by atoms with Crippen LogP contribution in [0, 0.1) is 13.8 Å². The minimum absolute atomic E-state index is 0.184. The van der Waals surface area contributed by atoms with Crippen LogP contribution in [0.25, 0.3) is 11.1 Å². The van der Waals surface area contributed by atoms with Crippen molar-refractivity contribution >= 4 is 21.4 Å². The van der Waals surface area contributed by atoms with E-state index in [1.54, 1.807) is 21.3 Å². The minimum atomic E-state index is -3.70. The molecule has 0 bridgehead atoms. The zero-order valence-electron chi connectivity index (χ0n) is 16.5. The number of aromatic nitrogens is 2. The molecule has 3 aromatic rings. The molecule has 1 N–H and O–H groups in total. The number of fused-ring (bicyclic) bond motifs is 1. The number of para-hydroxylation sites is 1. The molecule has 0 fully saturated rings. The lowest BCUT2D eigenvalue weighted by Crippen LogP contribution is -2.46. The van der Waals surface area contributed by atoms with Crippen LogP contribution in [0.3, 0.4) is 0 Å². The maximum absolute atomic E-state index is 13.7. The van der Waals surface area contributed by atoms with Gasteiger partial charge in [-0.2, -0.15) is 5.10 Å². The second kappa shape index (κ2) is 6.67. The zero-order valence-corrected chi connectivity index (χ0v) is 17.3.